The standard InChI is InChI=1S/C19H15F2NO2/c20-15-7-8-17(21)16(10-15)19(24)22-18(11-23)14-6-5-12-3-1-2-4-13(12)9-14/h1-10,18,23H,11H2,(H,22,24). The van der Waals surface area contributed by atoms with Gasteiger partial charge in [-0.05, 0) is 40.6 Å². The Morgan fingerprint density at radius 1 is 1.00 bits per heavy atom. The van der Waals surface area contributed by atoms with Crippen LogP contribution in [0.2, 0.25) is 0 Å². The number of hydrogen-bond donors (Lipinski definition) is 2. The normalized spacial score (nSPS) is 12.1. The first-order valence-electron chi connectivity index (χ1n) is 7.44. The van der Waals surface area contributed by atoms with Gasteiger partial charge in [-0.1, -0.05) is 36.4 Å². The fourth-order valence-corrected chi connectivity index (χ4v) is 2.57. The minimum Gasteiger partial charge on any atom is -0.394 e. The molecular weight excluding hydrogens is 312 g/mol. The van der Waals surface area contributed by atoms with Gasteiger partial charge in [0.2, 0.25) is 0 Å². The summed E-state index contributed by atoms with van der Waals surface area (Å²) >= 11 is 0. The van der Waals surface area contributed by atoms with E-state index in [0.29, 0.717) is 5.56 Å². The molecule has 24 heavy (non-hydrogen) atoms. The fraction of sp³-hybridized carbons (Fsp3) is 0.105. The lowest BCUT2D eigenvalue weighted by Crippen LogP contribution is -2.31. The molecule has 0 bridgehead atoms. The van der Waals surface area contributed by atoms with Crippen LogP contribution in [0.4, 0.5) is 8.78 Å². The molecule has 1 atom stereocenters. The molecule has 3 nitrogen and oxygen atoms in total. The van der Waals surface area contributed by atoms with Crippen LogP contribution < -0.4 is 5.32 Å². The predicted molar refractivity (Wildman–Crippen MR) is 87.6 cm³/mol. The summed E-state index contributed by atoms with van der Waals surface area (Å²) in [6.45, 7) is -0.360. The maximum atomic E-state index is 13.7. The van der Waals surface area contributed by atoms with Gasteiger partial charge in [-0.2, -0.15) is 0 Å². The monoisotopic (exact) mass is 327 g/mol. The molecule has 5 heteroatoms. The zero-order valence-corrected chi connectivity index (χ0v) is 12.7. The van der Waals surface area contributed by atoms with Crippen LogP contribution in [-0.2, 0) is 0 Å². The summed E-state index contributed by atoms with van der Waals surface area (Å²) in [5, 5.41) is 14.1. The Bertz CT molecular complexity index is 895. The maximum absolute atomic E-state index is 13.7. The van der Waals surface area contributed by atoms with Gasteiger partial charge in [0.1, 0.15) is 11.6 Å². The van der Waals surface area contributed by atoms with Crippen molar-refractivity contribution >= 4 is 16.7 Å². The molecule has 0 saturated carbocycles. The van der Waals surface area contributed by atoms with Gasteiger partial charge in [-0.25, -0.2) is 8.78 Å². The highest BCUT2D eigenvalue weighted by Gasteiger charge is 2.18. The minimum atomic E-state index is -0.816. The van der Waals surface area contributed by atoms with Crippen molar-refractivity contribution in [3.8, 4) is 0 Å². The number of aliphatic hydroxyl groups is 1. The quantitative estimate of drug-likeness (QED) is 0.769. The van der Waals surface area contributed by atoms with Gasteiger partial charge in [0.25, 0.3) is 5.91 Å². The predicted octanol–water partition coefficient (Wildman–Crippen LogP) is 3.58. The number of nitrogens with one attached hydrogen (secondary N) is 1. The number of hydrogen-bond acceptors (Lipinski definition) is 2. The van der Waals surface area contributed by atoms with E-state index >= 15 is 0 Å². The molecule has 1 unspecified atom stereocenters. The highest BCUT2D eigenvalue weighted by molar-refractivity contribution is 5.94. The van der Waals surface area contributed by atoms with Crippen LogP contribution in [0.15, 0.2) is 60.7 Å². The van der Waals surface area contributed by atoms with Crippen molar-refractivity contribution in [2.45, 2.75) is 6.04 Å². The summed E-state index contributed by atoms with van der Waals surface area (Å²) in [6.07, 6.45) is 0. The largest absolute Gasteiger partial charge is 0.394 e. The third-order valence-corrected chi connectivity index (χ3v) is 3.84. The van der Waals surface area contributed by atoms with Gasteiger partial charge in [0.15, 0.2) is 0 Å². The van der Waals surface area contributed by atoms with Crippen LogP contribution in [0.1, 0.15) is 22.0 Å². The molecule has 0 heterocycles. The number of halogens is 2. The van der Waals surface area contributed by atoms with E-state index in [4.69, 9.17) is 0 Å². The van der Waals surface area contributed by atoms with Crippen molar-refractivity contribution in [1.29, 1.82) is 0 Å². The van der Waals surface area contributed by atoms with E-state index < -0.39 is 29.1 Å². The van der Waals surface area contributed by atoms with E-state index in [9.17, 15) is 18.7 Å². The minimum absolute atomic E-state index is 0.360. The molecule has 0 aromatic heterocycles. The Balaban J connectivity index is 1.87. The molecule has 3 aromatic rings. The summed E-state index contributed by atoms with van der Waals surface area (Å²) in [4.78, 5) is 12.2. The molecule has 0 aliphatic heterocycles. The molecule has 0 aliphatic carbocycles. The first-order chi connectivity index (χ1) is 11.6. The number of rotatable bonds is 4. The van der Waals surface area contributed by atoms with Crippen molar-refractivity contribution in [3.05, 3.63) is 83.4 Å². The summed E-state index contributed by atoms with van der Waals surface area (Å²) in [5.41, 5.74) is 0.288. The van der Waals surface area contributed by atoms with E-state index in [1.54, 1.807) is 6.07 Å². The Hall–Kier alpha value is -2.79. The lowest BCUT2D eigenvalue weighted by molar-refractivity contribution is 0.0911. The van der Waals surface area contributed by atoms with Crippen molar-refractivity contribution in [1.82, 2.24) is 5.32 Å². The van der Waals surface area contributed by atoms with E-state index in [1.165, 1.54) is 0 Å². The first-order valence-corrected chi connectivity index (χ1v) is 7.44. The van der Waals surface area contributed by atoms with Gasteiger partial charge < -0.3 is 10.4 Å². The number of benzene rings is 3. The van der Waals surface area contributed by atoms with Crippen LogP contribution in [0.5, 0.6) is 0 Å². The highest BCUT2D eigenvalue weighted by atomic mass is 19.1. The lowest BCUT2D eigenvalue weighted by Gasteiger charge is -2.17. The summed E-state index contributed by atoms with van der Waals surface area (Å²) in [7, 11) is 0. The van der Waals surface area contributed by atoms with Crippen molar-refractivity contribution < 1.29 is 18.7 Å². The molecule has 122 valence electrons. The van der Waals surface area contributed by atoms with Gasteiger partial charge in [0, 0.05) is 0 Å². The van der Waals surface area contributed by atoms with Crippen molar-refractivity contribution in [2.75, 3.05) is 6.61 Å². The van der Waals surface area contributed by atoms with Gasteiger partial charge in [-0.15, -0.1) is 0 Å². The second-order valence-electron chi connectivity index (χ2n) is 5.44. The number of fused-ring (bicyclic) bond motifs is 1. The smallest absolute Gasteiger partial charge is 0.254 e. The first kappa shape index (κ1) is 16.1. The second-order valence-corrected chi connectivity index (χ2v) is 5.44. The van der Waals surface area contributed by atoms with E-state index in [0.717, 1.165) is 29.0 Å². The van der Waals surface area contributed by atoms with Crippen LogP contribution in [0, 0.1) is 11.6 Å². The topological polar surface area (TPSA) is 49.3 Å². The van der Waals surface area contributed by atoms with Crippen LogP contribution in [0.25, 0.3) is 10.8 Å². The van der Waals surface area contributed by atoms with Gasteiger partial charge in [-0.3, -0.25) is 4.79 Å². The van der Waals surface area contributed by atoms with Crippen molar-refractivity contribution in [3.63, 3.8) is 0 Å². The summed E-state index contributed by atoms with van der Waals surface area (Å²) in [6, 6.07) is 15.1. The molecule has 0 aliphatic rings. The van der Waals surface area contributed by atoms with E-state index in [-0.39, 0.29) is 6.61 Å². The average molecular weight is 327 g/mol. The zero-order valence-electron chi connectivity index (χ0n) is 12.7. The average Bonchev–Trinajstić information content (AvgIpc) is 2.61. The lowest BCUT2D eigenvalue weighted by atomic mass is 10.0. The molecule has 1 amide bonds. The Morgan fingerprint density at radius 2 is 1.75 bits per heavy atom. The molecule has 0 saturated heterocycles. The molecule has 0 spiro atoms. The number of carbonyl (C=O) groups excluding carboxylic acids is 1. The zero-order chi connectivity index (χ0) is 17.1. The summed E-state index contributed by atoms with van der Waals surface area (Å²) in [5.74, 6) is -2.30. The van der Waals surface area contributed by atoms with Crippen LogP contribution >= 0.6 is 0 Å². The van der Waals surface area contributed by atoms with Gasteiger partial charge >= 0.3 is 0 Å². The highest BCUT2D eigenvalue weighted by Crippen LogP contribution is 2.21. The molecule has 2 N–H and O–H groups in total. The Kier molecular flexibility index (Phi) is 4.53. The van der Waals surface area contributed by atoms with Gasteiger partial charge in [0.05, 0.1) is 18.2 Å². The van der Waals surface area contributed by atoms with Crippen LogP contribution in [-0.4, -0.2) is 17.6 Å². The van der Waals surface area contributed by atoms with E-state index in [1.807, 2.05) is 36.4 Å². The third-order valence-electron chi connectivity index (χ3n) is 3.84. The number of amides is 1. The van der Waals surface area contributed by atoms with Crippen LogP contribution in [0.3, 0.4) is 0 Å². The molecule has 0 fully saturated rings. The Morgan fingerprint density at radius 3 is 2.50 bits per heavy atom. The van der Waals surface area contributed by atoms with E-state index in [2.05, 4.69) is 5.32 Å². The fourth-order valence-electron chi connectivity index (χ4n) is 2.57. The molecule has 0 radical (unpaired) electrons. The Labute approximate surface area is 137 Å². The van der Waals surface area contributed by atoms with Crippen molar-refractivity contribution in [2.24, 2.45) is 0 Å². The SMILES string of the molecule is O=C(NC(CO)c1ccc2ccccc2c1)c1cc(F)ccc1F. The molecule has 3 rings (SSSR count). The maximum Gasteiger partial charge on any atom is 0.254 e. The second kappa shape index (κ2) is 6.76. The molecular formula is C19H15F2NO2. The molecule has 3 aromatic carbocycles. The number of carbonyl (C=O) groups is 1. The third kappa shape index (κ3) is 3.26. The number of aliphatic hydroxyl groups excluding tert-OH is 1. The summed E-state index contributed by atoms with van der Waals surface area (Å²) < 4.78 is 26.9.